The normalized spacial score (nSPS) is 9.89. The van der Waals surface area contributed by atoms with Gasteiger partial charge in [0.15, 0.2) is 0 Å². The monoisotopic (exact) mass is 112 g/mol. The average molecular weight is 112 g/mol. The fourth-order valence-corrected chi connectivity index (χ4v) is 0.583. The van der Waals surface area contributed by atoms with E-state index < -0.39 is 0 Å². The zero-order valence-corrected chi connectivity index (χ0v) is 5.13. The van der Waals surface area contributed by atoms with Gasteiger partial charge in [0.05, 0.1) is 5.82 Å². The zero-order chi connectivity index (χ0) is 7.02. The van der Waals surface area contributed by atoms with Crippen molar-refractivity contribution in [2.45, 2.75) is 6.92 Å². The highest BCUT2D eigenvalue weighted by molar-refractivity contribution is 6.48. The van der Waals surface area contributed by atoms with Gasteiger partial charge in [-0.1, -0.05) is 0 Å². The molecule has 0 spiro atoms. The van der Waals surface area contributed by atoms with Crippen molar-refractivity contribution in [2.75, 3.05) is 0 Å². The molecule has 0 aliphatic carbocycles. The van der Waals surface area contributed by atoms with Crippen molar-refractivity contribution in [1.82, 2.24) is 9.46 Å². The van der Waals surface area contributed by atoms with Crippen LogP contribution in [0.2, 0.25) is 0 Å². The summed E-state index contributed by atoms with van der Waals surface area (Å²) in [6.45, 7) is 1.73. The third kappa shape index (κ3) is 0.912. The molecule has 5 heteroatoms. The molecule has 0 unspecified atom stereocenters. The fraction of sp³-hybridized carbons (Fsp3) is 0.250. The number of aromatic nitrogens is 2. The highest BCUT2D eigenvalue weighted by atomic mass is 15.0. The minimum Gasteiger partial charge on any atom is -0.398 e. The molecule has 0 bridgehead atoms. The summed E-state index contributed by atoms with van der Waals surface area (Å²) in [7, 11) is 16.0. The second-order valence-electron chi connectivity index (χ2n) is 1.80. The van der Waals surface area contributed by atoms with E-state index in [9.17, 15) is 0 Å². The van der Waals surface area contributed by atoms with E-state index >= 15 is 0 Å². The van der Waals surface area contributed by atoms with Gasteiger partial charge < -0.3 is 4.48 Å². The first kappa shape index (κ1) is 6.52. The summed E-state index contributed by atoms with van der Waals surface area (Å²) in [6.07, 6.45) is 0. The Kier molecular flexibility index (Phi) is 1.43. The van der Waals surface area contributed by atoms with Crippen molar-refractivity contribution in [3.05, 3.63) is 5.82 Å². The van der Waals surface area contributed by atoms with Crippen molar-refractivity contribution >= 4 is 34.9 Å². The molecule has 9 heavy (non-hydrogen) atoms. The standard InChI is InChI=1S/C4H3B3N2/c1-2-8-3(5)4(6)9(2)7/h1H3. The van der Waals surface area contributed by atoms with Crippen molar-refractivity contribution in [3.63, 3.8) is 0 Å². The van der Waals surface area contributed by atoms with Crippen LogP contribution < -0.4 is 11.2 Å². The van der Waals surface area contributed by atoms with Crippen molar-refractivity contribution in [2.24, 2.45) is 0 Å². The number of imidazole rings is 1. The van der Waals surface area contributed by atoms with Gasteiger partial charge in [-0.05, 0) is 18.1 Å². The minimum atomic E-state index is 0.287. The second-order valence-corrected chi connectivity index (χ2v) is 1.80. The van der Waals surface area contributed by atoms with E-state index in [-0.39, 0.29) is 5.59 Å². The van der Waals surface area contributed by atoms with Gasteiger partial charge in [0.2, 0.25) is 7.98 Å². The Balaban J connectivity index is 3.29. The van der Waals surface area contributed by atoms with Crippen molar-refractivity contribution in [3.8, 4) is 0 Å². The van der Waals surface area contributed by atoms with Crippen LogP contribution in [0.5, 0.6) is 0 Å². The molecule has 6 radical (unpaired) electrons. The number of nitrogens with zero attached hydrogens (tertiary/aromatic N) is 2. The molecular formula is C4H3B3N2. The summed E-state index contributed by atoms with van der Waals surface area (Å²) < 4.78 is 1.25. The molecule has 0 aliphatic rings. The summed E-state index contributed by atoms with van der Waals surface area (Å²) in [6, 6.07) is 0. The molecule has 0 saturated carbocycles. The van der Waals surface area contributed by atoms with Crippen LogP contribution in [0.25, 0.3) is 0 Å². The molecule has 0 N–H and O–H groups in total. The van der Waals surface area contributed by atoms with Crippen LogP contribution in [0.1, 0.15) is 5.82 Å². The largest absolute Gasteiger partial charge is 0.398 e. The molecule has 1 aromatic rings. The van der Waals surface area contributed by atoms with Crippen LogP contribution in [0.4, 0.5) is 0 Å². The summed E-state index contributed by atoms with van der Waals surface area (Å²) in [4.78, 5) is 3.80. The predicted molar refractivity (Wildman–Crippen MR) is 38.9 cm³/mol. The first-order valence-electron chi connectivity index (χ1n) is 2.48. The van der Waals surface area contributed by atoms with E-state index in [1.165, 1.54) is 4.48 Å². The maximum absolute atomic E-state index is 5.35. The maximum Gasteiger partial charge on any atom is 0.234 e. The summed E-state index contributed by atoms with van der Waals surface area (Å²) in [5, 5.41) is 0. The molecule has 0 aliphatic heterocycles. The van der Waals surface area contributed by atoms with E-state index in [1.807, 2.05) is 0 Å². The molecule has 0 amide bonds. The first-order chi connectivity index (χ1) is 4.13. The highest BCUT2D eigenvalue weighted by Crippen LogP contribution is 1.80. The average Bonchev–Trinajstić information content (AvgIpc) is 1.98. The molecule has 38 valence electrons. The Morgan fingerprint density at radius 3 is 2.11 bits per heavy atom. The highest BCUT2D eigenvalue weighted by Gasteiger charge is 1.99. The Bertz CT molecular complexity index is 207. The Morgan fingerprint density at radius 2 is 2.00 bits per heavy atom. The van der Waals surface area contributed by atoms with E-state index in [0.717, 1.165) is 0 Å². The Morgan fingerprint density at radius 1 is 1.44 bits per heavy atom. The SMILES string of the molecule is [B]c1nc(C)n([B])c1[B]. The van der Waals surface area contributed by atoms with Crippen LogP contribution in [0.15, 0.2) is 0 Å². The Labute approximate surface area is 57.9 Å². The van der Waals surface area contributed by atoms with Gasteiger partial charge in [-0.25, -0.2) is 0 Å². The van der Waals surface area contributed by atoms with Gasteiger partial charge in [-0.15, -0.1) is 0 Å². The van der Waals surface area contributed by atoms with Gasteiger partial charge >= 0.3 is 0 Å². The van der Waals surface area contributed by atoms with Gasteiger partial charge in [-0.2, -0.15) is 0 Å². The Hall–Kier alpha value is -0.595. The fourth-order valence-electron chi connectivity index (χ4n) is 0.583. The lowest BCUT2D eigenvalue weighted by atomic mass is 9.90. The number of hydrogen-bond acceptors (Lipinski definition) is 1. The molecule has 1 aromatic heterocycles. The van der Waals surface area contributed by atoms with Crippen LogP contribution in [-0.2, 0) is 0 Å². The number of aryl methyl sites for hydroxylation is 1. The van der Waals surface area contributed by atoms with E-state index in [2.05, 4.69) is 4.98 Å². The molecule has 1 heterocycles. The molecule has 0 fully saturated rings. The smallest absolute Gasteiger partial charge is 0.234 e. The van der Waals surface area contributed by atoms with Gasteiger partial charge in [-0.3, -0.25) is 4.98 Å². The van der Waals surface area contributed by atoms with Gasteiger partial charge in [0.25, 0.3) is 0 Å². The van der Waals surface area contributed by atoms with E-state index in [1.54, 1.807) is 6.92 Å². The molecule has 2 nitrogen and oxygen atoms in total. The van der Waals surface area contributed by atoms with Crippen molar-refractivity contribution in [1.29, 1.82) is 0 Å². The van der Waals surface area contributed by atoms with E-state index in [0.29, 0.717) is 11.4 Å². The van der Waals surface area contributed by atoms with Crippen molar-refractivity contribution < 1.29 is 0 Å². The topological polar surface area (TPSA) is 17.8 Å². The summed E-state index contributed by atoms with van der Waals surface area (Å²) >= 11 is 0. The zero-order valence-electron chi connectivity index (χ0n) is 5.13. The summed E-state index contributed by atoms with van der Waals surface area (Å²) in [5.41, 5.74) is 0.600. The quantitative estimate of drug-likeness (QED) is 0.345. The maximum atomic E-state index is 5.35. The molecule has 0 aromatic carbocycles. The lowest BCUT2D eigenvalue weighted by Gasteiger charge is -1.96. The second kappa shape index (κ2) is 1.97. The lowest BCUT2D eigenvalue weighted by Crippen LogP contribution is -2.29. The summed E-state index contributed by atoms with van der Waals surface area (Å²) in [5.74, 6) is 0.616. The van der Waals surface area contributed by atoms with Crippen LogP contribution in [0, 0.1) is 6.92 Å². The predicted octanol–water partition coefficient (Wildman–Crippen LogP) is -2.29. The van der Waals surface area contributed by atoms with Crippen LogP contribution in [-0.4, -0.2) is 33.1 Å². The minimum absolute atomic E-state index is 0.287. The molecule has 1 rings (SSSR count). The van der Waals surface area contributed by atoms with Crippen LogP contribution >= 0.6 is 0 Å². The van der Waals surface area contributed by atoms with Gasteiger partial charge in [0.1, 0.15) is 15.7 Å². The van der Waals surface area contributed by atoms with E-state index in [4.69, 9.17) is 23.7 Å². The number of hydrogen-bond donors (Lipinski definition) is 0. The molecule has 0 saturated heterocycles. The molecule has 0 atom stereocenters. The third-order valence-electron chi connectivity index (χ3n) is 1.15. The lowest BCUT2D eigenvalue weighted by molar-refractivity contribution is 1.10. The molecular weight excluding hydrogens is 108 g/mol. The first-order valence-corrected chi connectivity index (χ1v) is 2.48. The van der Waals surface area contributed by atoms with Crippen LogP contribution in [0.3, 0.4) is 0 Å². The number of rotatable bonds is 0. The van der Waals surface area contributed by atoms with Gasteiger partial charge in [0, 0.05) is 0 Å². The third-order valence-corrected chi connectivity index (χ3v) is 1.15.